The second-order valence-corrected chi connectivity index (χ2v) is 9.54. The highest BCUT2D eigenvalue weighted by Crippen LogP contribution is 2.32. The lowest BCUT2D eigenvalue weighted by Crippen LogP contribution is -2.39. The van der Waals surface area contributed by atoms with Crippen molar-refractivity contribution in [1.82, 2.24) is 4.90 Å². The lowest BCUT2D eigenvalue weighted by molar-refractivity contribution is -0.140. The molecule has 5 nitrogen and oxygen atoms in total. The summed E-state index contributed by atoms with van der Waals surface area (Å²) in [5.41, 5.74) is 2.78. The van der Waals surface area contributed by atoms with E-state index in [0.29, 0.717) is 13.1 Å². The number of hydrogen-bond donors (Lipinski definition) is 1. The lowest BCUT2D eigenvalue weighted by Gasteiger charge is -2.31. The molecule has 31 heavy (non-hydrogen) atoms. The van der Waals surface area contributed by atoms with Crippen LogP contribution in [0.3, 0.4) is 0 Å². The Hall–Kier alpha value is -2.89. The summed E-state index contributed by atoms with van der Waals surface area (Å²) in [6, 6.07) is 12.1. The molecule has 0 aliphatic heterocycles. The number of hydrogen-bond acceptors (Lipinski definition) is 3. The van der Waals surface area contributed by atoms with Crippen molar-refractivity contribution in [3.63, 3.8) is 0 Å². The number of carbonyl (C=O) groups excluding carboxylic acids is 2. The van der Waals surface area contributed by atoms with Crippen LogP contribution >= 0.6 is 0 Å². The van der Waals surface area contributed by atoms with Gasteiger partial charge in [0.1, 0.15) is 5.82 Å². The lowest BCUT2D eigenvalue weighted by atomic mass is 9.94. The number of amides is 2. The van der Waals surface area contributed by atoms with Gasteiger partial charge < -0.3 is 15.1 Å². The zero-order chi connectivity index (χ0) is 22.8. The molecule has 0 saturated heterocycles. The van der Waals surface area contributed by atoms with Gasteiger partial charge in [-0.1, -0.05) is 32.9 Å². The Bertz CT molecular complexity index is 961. The van der Waals surface area contributed by atoms with Gasteiger partial charge in [-0.25, -0.2) is 4.39 Å². The van der Waals surface area contributed by atoms with Crippen molar-refractivity contribution in [2.45, 2.75) is 46.7 Å². The average Bonchev–Trinajstić information content (AvgIpc) is 3.51. The van der Waals surface area contributed by atoms with Crippen LogP contribution in [0.4, 0.5) is 15.8 Å². The maximum atomic E-state index is 13.7. The zero-order valence-electron chi connectivity index (χ0n) is 19.0. The Morgan fingerprint density at radius 1 is 1.06 bits per heavy atom. The number of nitrogens with one attached hydrogen (secondary N) is 1. The third-order valence-electron chi connectivity index (χ3n) is 5.33. The third kappa shape index (κ3) is 6.06. The van der Waals surface area contributed by atoms with Gasteiger partial charge in [0.15, 0.2) is 0 Å². The Morgan fingerprint density at radius 2 is 1.77 bits per heavy atom. The van der Waals surface area contributed by atoms with Crippen molar-refractivity contribution in [3.05, 3.63) is 59.4 Å². The molecule has 2 aromatic carbocycles. The van der Waals surface area contributed by atoms with Crippen LogP contribution in [-0.4, -0.2) is 30.8 Å². The van der Waals surface area contributed by atoms with Crippen LogP contribution in [-0.2, 0) is 22.7 Å². The smallest absolute Gasteiger partial charge is 0.228 e. The van der Waals surface area contributed by atoms with Gasteiger partial charge in [-0.15, -0.1) is 0 Å². The predicted molar refractivity (Wildman–Crippen MR) is 122 cm³/mol. The first-order chi connectivity index (χ1) is 14.5. The molecule has 1 saturated carbocycles. The van der Waals surface area contributed by atoms with Crippen LogP contribution in [0, 0.1) is 17.2 Å². The Balaban J connectivity index is 1.91. The van der Waals surface area contributed by atoms with E-state index in [0.717, 1.165) is 35.3 Å². The molecular weight excluding hydrogens is 393 g/mol. The number of halogens is 1. The molecule has 0 atom stereocenters. The van der Waals surface area contributed by atoms with Crippen LogP contribution in [0.25, 0.3) is 0 Å². The molecule has 1 aliphatic carbocycles. The van der Waals surface area contributed by atoms with Gasteiger partial charge in [-0.2, -0.15) is 0 Å². The van der Waals surface area contributed by atoms with E-state index in [1.165, 1.54) is 12.1 Å². The quantitative estimate of drug-likeness (QED) is 0.692. The van der Waals surface area contributed by atoms with Gasteiger partial charge >= 0.3 is 0 Å². The maximum absolute atomic E-state index is 13.7. The van der Waals surface area contributed by atoms with Crippen LogP contribution in [0.5, 0.6) is 0 Å². The average molecular weight is 426 g/mol. The number of anilines is 2. The van der Waals surface area contributed by atoms with E-state index in [1.807, 2.05) is 64.0 Å². The van der Waals surface area contributed by atoms with Crippen LogP contribution in [0.15, 0.2) is 42.5 Å². The van der Waals surface area contributed by atoms with Crippen LogP contribution < -0.4 is 10.2 Å². The fraction of sp³-hybridized carbons (Fsp3) is 0.440. The minimum atomic E-state index is -0.580. The van der Waals surface area contributed by atoms with Crippen molar-refractivity contribution in [1.29, 1.82) is 0 Å². The van der Waals surface area contributed by atoms with Crippen LogP contribution in [0.1, 0.15) is 44.7 Å². The molecule has 3 rings (SSSR count). The van der Waals surface area contributed by atoms with Crippen molar-refractivity contribution >= 4 is 23.2 Å². The molecule has 6 heteroatoms. The molecule has 0 bridgehead atoms. The maximum Gasteiger partial charge on any atom is 0.228 e. The SMILES string of the molecule is CN(C)c1ccc(NC(=O)C2CC2)cc1CN(Cc1cccc(F)c1)C(=O)C(C)(C)C. The summed E-state index contributed by atoms with van der Waals surface area (Å²) in [6.07, 6.45) is 1.88. The molecule has 1 fully saturated rings. The monoisotopic (exact) mass is 425 g/mol. The van der Waals surface area contributed by atoms with E-state index in [2.05, 4.69) is 5.32 Å². The summed E-state index contributed by atoms with van der Waals surface area (Å²) < 4.78 is 13.7. The first-order valence-corrected chi connectivity index (χ1v) is 10.7. The fourth-order valence-electron chi connectivity index (χ4n) is 3.55. The molecule has 1 N–H and O–H groups in total. The predicted octanol–water partition coefficient (Wildman–Crippen LogP) is 4.82. The van der Waals surface area contributed by atoms with Crippen LogP contribution in [0.2, 0.25) is 0 Å². The van der Waals surface area contributed by atoms with Gasteiger partial charge in [0.2, 0.25) is 11.8 Å². The van der Waals surface area contributed by atoms with E-state index in [-0.39, 0.29) is 23.5 Å². The van der Waals surface area contributed by atoms with E-state index in [4.69, 9.17) is 0 Å². The summed E-state index contributed by atoms with van der Waals surface area (Å²) in [6.45, 7) is 6.31. The Kier molecular flexibility index (Phi) is 6.68. The molecular formula is C25H32FN3O2. The van der Waals surface area contributed by atoms with Crippen molar-refractivity contribution < 1.29 is 14.0 Å². The normalized spacial score (nSPS) is 13.6. The highest BCUT2D eigenvalue weighted by molar-refractivity contribution is 5.94. The largest absolute Gasteiger partial charge is 0.377 e. The van der Waals surface area contributed by atoms with Gasteiger partial charge in [-0.3, -0.25) is 9.59 Å². The number of rotatable bonds is 7. The van der Waals surface area contributed by atoms with Gasteiger partial charge in [0.25, 0.3) is 0 Å². The highest BCUT2D eigenvalue weighted by Gasteiger charge is 2.30. The number of carbonyl (C=O) groups is 2. The summed E-state index contributed by atoms with van der Waals surface area (Å²) in [7, 11) is 3.90. The van der Waals surface area contributed by atoms with Crippen molar-refractivity contribution in [2.24, 2.45) is 11.3 Å². The molecule has 0 radical (unpaired) electrons. The summed E-state index contributed by atoms with van der Waals surface area (Å²) >= 11 is 0. The van der Waals surface area contributed by atoms with E-state index < -0.39 is 5.41 Å². The van der Waals surface area contributed by atoms with Gasteiger partial charge in [0, 0.05) is 49.9 Å². The zero-order valence-corrected chi connectivity index (χ0v) is 19.0. The molecule has 0 aromatic heterocycles. The Morgan fingerprint density at radius 3 is 2.35 bits per heavy atom. The minimum Gasteiger partial charge on any atom is -0.377 e. The van der Waals surface area contributed by atoms with E-state index in [9.17, 15) is 14.0 Å². The molecule has 0 heterocycles. The summed E-state index contributed by atoms with van der Waals surface area (Å²) in [5.74, 6) is -0.178. The molecule has 2 amide bonds. The first kappa shape index (κ1) is 22.8. The molecule has 0 spiro atoms. The third-order valence-corrected chi connectivity index (χ3v) is 5.33. The molecule has 0 unspecified atom stereocenters. The van der Waals surface area contributed by atoms with Gasteiger partial charge in [0.05, 0.1) is 0 Å². The number of nitrogens with zero attached hydrogens (tertiary/aromatic N) is 2. The summed E-state index contributed by atoms with van der Waals surface area (Å²) in [5, 5.41) is 2.99. The van der Waals surface area contributed by atoms with E-state index >= 15 is 0 Å². The highest BCUT2D eigenvalue weighted by atomic mass is 19.1. The Labute approximate surface area is 184 Å². The fourth-order valence-corrected chi connectivity index (χ4v) is 3.55. The van der Waals surface area contributed by atoms with Crippen molar-refractivity contribution in [2.75, 3.05) is 24.3 Å². The molecule has 1 aliphatic rings. The number of benzene rings is 2. The second-order valence-electron chi connectivity index (χ2n) is 9.54. The first-order valence-electron chi connectivity index (χ1n) is 10.7. The summed E-state index contributed by atoms with van der Waals surface area (Å²) in [4.78, 5) is 29.2. The second kappa shape index (κ2) is 9.08. The van der Waals surface area contributed by atoms with Crippen molar-refractivity contribution in [3.8, 4) is 0 Å². The standard InChI is InChI=1S/C25H32FN3O2/c1-25(2,3)24(31)29(15-17-7-6-8-20(26)13-17)16-19-14-21(11-12-22(19)28(4)5)27-23(30)18-9-10-18/h6-8,11-14,18H,9-10,15-16H2,1-5H3,(H,27,30). The molecule has 2 aromatic rings. The molecule has 166 valence electrons. The topological polar surface area (TPSA) is 52.7 Å². The minimum absolute atomic E-state index is 0.0195. The van der Waals surface area contributed by atoms with Gasteiger partial charge in [-0.05, 0) is 54.3 Å². The van der Waals surface area contributed by atoms with E-state index in [1.54, 1.807) is 11.0 Å².